The highest BCUT2D eigenvalue weighted by molar-refractivity contribution is 5.71. The zero-order chi connectivity index (χ0) is 11.3. The molecule has 0 saturated heterocycles. The molecule has 1 unspecified atom stereocenters. The minimum atomic E-state index is -0.186. The van der Waals surface area contributed by atoms with Gasteiger partial charge in [-0.05, 0) is 26.7 Å². The lowest BCUT2D eigenvalue weighted by Crippen LogP contribution is -2.39. The lowest BCUT2D eigenvalue weighted by molar-refractivity contribution is -0.145. The predicted molar refractivity (Wildman–Crippen MR) is 56.1 cm³/mol. The number of carbonyl (C=O) groups excluding carboxylic acids is 1. The summed E-state index contributed by atoms with van der Waals surface area (Å²) in [4.78, 5) is 13.4. The second-order valence-electron chi connectivity index (χ2n) is 3.92. The molecule has 4 nitrogen and oxygen atoms in total. The highest BCUT2D eigenvalue weighted by atomic mass is 16.5. The maximum Gasteiger partial charge on any atom is 0.320 e. The molecule has 1 aliphatic rings. The van der Waals surface area contributed by atoms with Crippen molar-refractivity contribution < 1.29 is 9.53 Å². The first-order chi connectivity index (χ1) is 7.19. The van der Waals surface area contributed by atoms with Crippen LogP contribution in [0.2, 0.25) is 0 Å². The lowest BCUT2D eigenvalue weighted by atomic mass is 10.2. The molecule has 0 aromatic carbocycles. The van der Waals surface area contributed by atoms with E-state index in [0.717, 1.165) is 12.8 Å². The number of nitriles is 1. The van der Waals surface area contributed by atoms with Gasteiger partial charge in [-0.15, -0.1) is 0 Å². The number of hydrogen-bond acceptors (Lipinski definition) is 4. The maximum atomic E-state index is 11.3. The van der Waals surface area contributed by atoms with Crippen LogP contribution in [-0.2, 0) is 9.53 Å². The Bertz CT molecular complexity index is 256. The van der Waals surface area contributed by atoms with E-state index in [1.165, 1.54) is 0 Å². The topological polar surface area (TPSA) is 53.3 Å². The first-order valence-corrected chi connectivity index (χ1v) is 5.47. The summed E-state index contributed by atoms with van der Waals surface area (Å²) in [5.74, 6) is -0.186. The molecule has 1 aliphatic carbocycles. The second kappa shape index (κ2) is 5.72. The van der Waals surface area contributed by atoms with Crippen molar-refractivity contribution in [3.8, 4) is 6.07 Å². The van der Waals surface area contributed by atoms with Gasteiger partial charge in [0.05, 0.1) is 25.6 Å². The van der Waals surface area contributed by atoms with E-state index in [9.17, 15) is 4.79 Å². The van der Waals surface area contributed by atoms with Gasteiger partial charge in [0.25, 0.3) is 0 Å². The van der Waals surface area contributed by atoms with Gasteiger partial charge in [0.1, 0.15) is 0 Å². The predicted octanol–water partition coefficient (Wildman–Crippen LogP) is 1.32. The number of carbonyl (C=O) groups is 1. The van der Waals surface area contributed by atoms with Crippen LogP contribution in [-0.4, -0.2) is 36.1 Å². The van der Waals surface area contributed by atoms with Crippen LogP contribution < -0.4 is 0 Å². The van der Waals surface area contributed by atoms with E-state index in [1.807, 2.05) is 6.92 Å². The van der Waals surface area contributed by atoms with Crippen molar-refractivity contribution in [2.45, 2.75) is 45.2 Å². The van der Waals surface area contributed by atoms with Crippen LogP contribution in [0.5, 0.6) is 0 Å². The summed E-state index contributed by atoms with van der Waals surface area (Å²) in [7, 11) is 0. The molecule has 0 aromatic heterocycles. The van der Waals surface area contributed by atoms with E-state index in [-0.39, 0.29) is 12.0 Å². The number of nitrogens with zero attached hydrogens (tertiary/aromatic N) is 2. The monoisotopic (exact) mass is 210 g/mol. The average molecular weight is 210 g/mol. The van der Waals surface area contributed by atoms with Gasteiger partial charge >= 0.3 is 5.97 Å². The third-order valence-electron chi connectivity index (χ3n) is 2.59. The van der Waals surface area contributed by atoms with E-state index >= 15 is 0 Å². The fourth-order valence-corrected chi connectivity index (χ4v) is 1.66. The number of esters is 1. The van der Waals surface area contributed by atoms with Crippen LogP contribution >= 0.6 is 0 Å². The highest BCUT2D eigenvalue weighted by Crippen LogP contribution is 2.29. The number of hydrogen-bond donors (Lipinski definition) is 0. The summed E-state index contributed by atoms with van der Waals surface area (Å²) in [6.45, 7) is 4.53. The Morgan fingerprint density at radius 1 is 1.67 bits per heavy atom. The molecule has 0 heterocycles. The zero-order valence-electron chi connectivity index (χ0n) is 9.40. The molecule has 1 atom stereocenters. The summed E-state index contributed by atoms with van der Waals surface area (Å²) < 4.78 is 4.92. The molecule has 0 radical (unpaired) electrons. The first-order valence-electron chi connectivity index (χ1n) is 5.47. The molecule has 0 N–H and O–H groups in total. The third-order valence-corrected chi connectivity index (χ3v) is 2.59. The highest BCUT2D eigenvalue weighted by Gasteiger charge is 2.33. The Kier molecular flexibility index (Phi) is 4.57. The zero-order valence-corrected chi connectivity index (χ0v) is 9.40. The van der Waals surface area contributed by atoms with Gasteiger partial charge in [-0.2, -0.15) is 5.26 Å². The molecule has 4 heteroatoms. The van der Waals surface area contributed by atoms with E-state index in [2.05, 4.69) is 11.0 Å². The molecular formula is C11H18N2O2. The largest absolute Gasteiger partial charge is 0.465 e. The first kappa shape index (κ1) is 12.0. The van der Waals surface area contributed by atoms with Gasteiger partial charge in [-0.1, -0.05) is 0 Å². The molecule has 84 valence electrons. The molecule has 0 amide bonds. The number of ether oxygens (including phenoxy) is 1. The van der Waals surface area contributed by atoms with Gasteiger partial charge < -0.3 is 4.74 Å². The van der Waals surface area contributed by atoms with Crippen molar-refractivity contribution >= 4 is 5.97 Å². The molecule has 0 aliphatic heterocycles. The Morgan fingerprint density at radius 2 is 2.33 bits per heavy atom. The standard InChI is InChI=1S/C11H18N2O2/c1-3-15-11(14)8-13(10-4-5-10)9(2)6-7-12/h9-10H,3-6,8H2,1-2H3. The van der Waals surface area contributed by atoms with Crippen LogP contribution in [0.1, 0.15) is 33.1 Å². The van der Waals surface area contributed by atoms with Gasteiger partial charge in [-0.3, -0.25) is 9.69 Å². The van der Waals surface area contributed by atoms with Crippen LogP contribution in [0, 0.1) is 11.3 Å². The van der Waals surface area contributed by atoms with Gasteiger partial charge in [0.2, 0.25) is 0 Å². The average Bonchev–Trinajstić information content (AvgIpc) is 2.98. The summed E-state index contributed by atoms with van der Waals surface area (Å²) >= 11 is 0. The van der Waals surface area contributed by atoms with Crippen LogP contribution in [0.4, 0.5) is 0 Å². The molecule has 0 spiro atoms. The van der Waals surface area contributed by atoms with E-state index in [1.54, 1.807) is 6.92 Å². The van der Waals surface area contributed by atoms with Crippen LogP contribution in [0.25, 0.3) is 0 Å². The minimum absolute atomic E-state index is 0.145. The molecule has 1 fully saturated rings. The van der Waals surface area contributed by atoms with Crippen molar-refractivity contribution in [2.75, 3.05) is 13.2 Å². The van der Waals surface area contributed by atoms with Gasteiger partial charge in [-0.25, -0.2) is 0 Å². The van der Waals surface area contributed by atoms with E-state index < -0.39 is 0 Å². The maximum absolute atomic E-state index is 11.3. The fourth-order valence-electron chi connectivity index (χ4n) is 1.66. The molecule has 1 saturated carbocycles. The molecule has 1 rings (SSSR count). The SMILES string of the molecule is CCOC(=O)CN(C(C)CC#N)C1CC1. The third kappa shape index (κ3) is 3.88. The van der Waals surface area contributed by atoms with Crippen molar-refractivity contribution in [1.82, 2.24) is 4.90 Å². The quantitative estimate of drug-likeness (QED) is 0.620. The van der Waals surface area contributed by atoms with Crippen molar-refractivity contribution in [3.05, 3.63) is 0 Å². The number of rotatable bonds is 6. The second-order valence-corrected chi connectivity index (χ2v) is 3.92. The van der Waals surface area contributed by atoms with E-state index in [4.69, 9.17) is 10.00 Å². The summed E-state index contributed by atoms with van der Waals surface area (Å²) in [5, 5.41) is 8.63. The lowest BCUT2D eigenvalue weighted by Gasteiger charge is -2.26. The Hall–Kier alpha value is -1.08. The molecule has 0 aromatic rings. The normalized spacial score (nSPS) is 17.2. The van der Waals surface area contributed by atoms with Crippen molar-refractivity contribution in [3.63, 3.8) is 0 Å². The molecule has 15 heavy (non-hydrogen) atoms. The Labute approximate surface area is 90.8 Å². The van der Waals surface area contributed by atoms with Crippen molar-refractivity contribution in [2.24, 2.45) is 0 Å². The minimum Gasteiger partial charge on any atom is -0.465 e. The van der Waals surface area contributed by atoms with Gasteiger partial charge in [0, 0.05) is 12.1 Å². The molecule has 0 bridgehead atoms. The Morgan fingerprint density at radius 3 is 2.80 bits per heavy atom. The summed E-state index contributed by atoms with van der Waals surface area (Å²) in [6.07, 6.45) is 2.74. The fraction of sp³-hybridized carbons (Fsp3) is 0.818. The van der Waals surface area contributed by atoms with Crippen LogP contribution in [0.15, 0.2) is 0 Å². The summed E-state index contributed by atoms with van der Waals surface area (Å²) in [6, 6.07) is 2.77. The van der Waals surface area contributed by atoms with E-state index in [0.29, 0.717) is 25.6 Å². The van der Waals surface area contributed by atoms with Crippen LogP contribution in [0.3, 0.4) is 0 Å². The Balaban J connectivity index is 2.43. The smallest absolute Gasteiger partial charge is 0.320 e. The molecular weight excluding hydrogens is 192 g/mol. The summed E-state index contributed by atoms with van der Waals surface area (Å²) in [5.41, 5.74) is 0. The van der Waals surface area contributed by atoms with Gasteiger partial charge in [0.15, 0.2) is 0 Å². The van der Waals surface area contributed by atoms with Crippen molar-refractivity contribution in [1.29, 1.82) is 5.26 Å².